The summed E-state index contributed by atoms with van der Waals surface area (Å²) < 4.78 is 34.1. The second kappa shape index (κ2) is 53.7. The molecule has 0 aromatic carbocycles. The number of carbonyl (C=O) groups excluding carboxylic acids is 2. The van der Waals surface area contributed by atoms with Crippen molar-refractivity contribution in [3.05, 3.63) is 97.2 Å². The molecular weight excluding hydrogens is 930 g/mol. The zero-order chi connectivity index (χ0) is 53.5. The van der Waals surface area contributed by atoms with Crippen LogP contribution in [0.15, 0.2) is 97.2 Å². The van der Waals surface area contributed by atoms with Gasteiger partial charge in [-0.2, -0.15) is 0 Å². The van der Waals surface area contributed by atoms with E-state index in [-0.39, 0.29) is 26.1 Å². The molecule has 0 aliphatic rings. The van der Waals surface area contributed by atoms with Crippen LogP contribution < -0.4 is 4.89 Å². The Labute approximate surface area is 449 Å². The molecule has 9 nitrogen and oxygen atoms in total. The first-order chi connectivity index (χ1) is 35.5. The number of hydrogen-bond donors (Lipinski definition) is 0. The Hall–Kier alpha value is -3.07. The quantitative estimate of drug-likeness (QED) is 0.0195. The molecule has 0 aromatic heterocycles. The molecule has 2 atom stereocenters. The summed E-state index contributed by atoms with van der Waals surface area (Å²) in [6, 6.07) is 0. The molecule has 0 aromatic rings. The number of phosphoric ester groups is 1. The fourth-order valence-corrected chi connectivity index (χ4v) is 8.54. The van der Waals surface area contributed by atoms with E-state index in [2.05, 4.69) is 111 Å². The van der Waals surface area contributed by atoms with Crippen molar-refractivity contribution in [3.8, 4) is 0 Å². The molecule has 0 amide bonds. The number of quaternary nitrogens is 1. The monoisotopic (exact) mass is 1040 g/mol. The number of hydrogen-bond acceptors (Lipinski definition) is 8. The van der Waals surface area contributed by atoms with E-state index >= 15 is 0 Å². The third-order valence-electron chi connectivity index (χ3n) is 12.3. The van der Waals surface area contributed by atoms with E-state index in [0.717, 1.165) is 103 Å². The van der Waals surface area contributed by atoms with Crippen molar-refractivity contribution >= 4 is 19.8 Å². The molecule has 2 unspecified atom stereocenters. The first-order valence-electron chi connectivity index (χ1n) is 29.4. The third-order valence-corrected chi connectivity index (χ3v) is 13.3. The van der Waals surface area contributed by atoms with Gasteiger partial charge in [0.1, 0.15) is 19.8 Å². The molecule has 0 radical (unpaired) electrons. The van der Waals surface area contributed by atoms with Crippen LogP contribution >= 0.6 is 7.82 Å². The molecule has 10 heteroatoms. The minimum Gasteiger partial charge on any atom is -0.756 e. The Kier molecular flexibility index (Phi) is 51.5. The van der Waals surface area contributed by atoms with Crippen LogP contribution in [0.5, 0.6) is 0 Å². The molecule has 0 rings (SSSR count). The summed E-state index contributed by atoms with van der Waals surface area (Å²) in [5, 5.41) is 0. The molecule has 0 saturated heterocycles. The lowest BCUT2D eigenvalue weighted by Gasteiger charge is -2.28. The van der Waals surface area contributed by atoms with Crippen LogP contribution in [0, 0.1) is 0 Å². The van der Waals surface area contributed by atoms with Crippen LogP contribution in [0.1, 0.15) is 239 Å². The second-order valence-electron chi connectivity index (χ2n) is 20.6. The molecule has 73 heavy (non-hydrogen) atoms. The molecule has 420 valence electrons. The van der Waals surface area contributed by atoms with Gasteiger partial charge in [-0.05, 0) is 96.3 Å². The summed E-state index contributed by atoms with van der Waals surface area (Å²) in [5.74, 6) is -0.847. The third kappa shape index (κ3) is 58.1. The SMILES string of the molecule is CC/C=C\C/C=C\C/C=C\C/C=C\C/C=C\C/C=C\C/C=C\CCCCCCCCCCCC(=O)OC(COC(=O)CCCCCCCCC/C=C\CCCCCCCCC)COP(=O)([O-])OCC[N+](C)(C)C. The molecule has 0 bridgehead atoms. The molecule has 0 N–H and O–H groups in total. The standard InChI is InChI=1S/C63H110NO8P/c1-6-8-10-12-14-16-18-20-22-24-26-27-28-29-30-31-32-33-34-35-36-37-38-40-42-44-46-48-50-52-54-56-63(66)72-61(60-71-73(67,68)70-58-57-64(3,4)5)59-69-62(65)55-53-51-49-47-45-43-41-39-25-23-21-19-17-15-13-11-9-7-2/h8,10,14,16,20,22-23,25-27,29-30,32-33,35-36,61H,6-7,9,11-13,15,17-19,21,24,28,31,34,37-60H2,1-5H3/b10-8-,16-14-,22-20-,25-23-,27-26-,30-29-,33-32-,36-35-. The minimum absolute atomic E-state index is 0.0368. The van der Waals surface area contributed by atoms with Gasteiger partial charge in [0.05, 0.1) is 27.7 Å². The van der Waals surface area contributed by atoms with E-state index in [9.17, 15) is 19.0 Å². The van der Waals surface area contributed by atoms with E-state index in [1.165, 1.54) is 103 Å². The summed E-state index contributed by atoms with van der Waals surface area (Å²) in [6.07, 6.45) is 73.0. The van der Waals surface area contributed by atoms with Crippen LogP contribution in [-0.2, 0) is 32.7 Å². The lowest BCUT2D eigenvalue weighted by Crippen LogP contribution is -2.37. The average Bonchev–Trinajstić information content (AvgIpc) is 3.35. The maximum atomic E-state index is 12.8. The van der Waals surface area contributed by atoms with Gasteiger partial charge in [-0.1, -0.05) is 227 Å². The summed E-state index contributed by atoms with van der Waals surface area (Å²) in [4.78, 5) is 37.9. The predicted octanol–water partition coefficient (Wildman–Crippen LogP) is 17.8. The Morgan fingerprint density at radius 3 is 1.18 bits per heavy atom. The van der Waals surface area contributed by atoms with Crippen LogP contribution in [0.25, 0.3) is 0 Å². The number of likely N-dealkylation sites (N-methyl/N-ethyl adjacent to an activating group) is 1. The number of unbranched alkanes of at least 4 members (excludes halogenated alkanes) is 23. The summed E-state index contributed by atoms with van der Waals surface area (Å²) in [6.45, 7) is 4.11. The van der Waals surface area contributed by atoms with Crippen molar-refractivity contribution in [2.24, 2.45) is 0 Å². The lowest BCUT2D eigenvalue weighted by molar-refractivity contribution is -0.870. The van der Waals surface area contributed by atoms with Crippen molar-refractivity contribution in [2.75, 3.05) is 47.5 Å². The molecule has 0 heterocycles. The zero-order valence-corrected chi connectivity index (χ0v) is 48.4. The number of ether oxygens (including phenoxy) is 2. The minimum atomic E-state index is -4.64. The molecule has 0 saturated carbocycles. The van der Waals surface area contributed by atoms with Crippen molar-refractivity contribution in [2.45, 2.75) is 245 Å². The van der Waals surface area contributed by atoms with Gasteiger partial charge in [-0.15, -0.1) is 0 Å². The smallest absolute Gasteiger partial charge is 0.306 e. The van der Waals surface area contributed by atoms with Crippen molar-refractivity contribution < 1.29 is 42.1 Å². The number of rotatable bonds is 53. The van der Waals surface area contributed by atoms with Gasteiger partial charge in [-0.3, -0.25) is 14.2 Å². The fourth-order valence-electron chi connectivity index (χ4n) is 7.81. The van der Waals surface area contributed by atoms with Crippen molar-refractivity contribution in [1.29, 1.82) is 0 Å². The highest BCUT2D eigenvalue weighted by molar-refractivity contribution is 7.45. The second-order valence-corrected chi connectivity index (χ2v) is 22.0. The van der Waals surface area contributed by atoms with Crippen molar-refractivity contribution in [3.63, 3.8) is 0 Å². The molecule has 0 fully saturated rings. The van der Waals surface area contributed by atoms with Crippen LogP contribution in [0.4, 0.5) is 0 Å². The van der Waals surface area contributed by atoms with E-state index in [1.54, 1.807) is 0 Å². The summed E-state index contributed by atoms with van der Waals surface area (Å²) in [5.41, 5.74) is 0. The molecule has 0 spiro atoms. The largest absolute Gasteiger partial charge is 0.756 e. The van der Waals surface area contributed by atoms with E-state index in [0.29, 0.717) is 17.4 Å². The number of allylic oxidation sites excluding steroid dienone is 16. The summed E-state index contributed by atoms with van der Waals surface area (Å²) >= 11 is 0. The van der Waals surface area contributed by atoms with Gasteiger partial charge in [0.25, 0.3) is 7.82 Å². The average molecular weight is 1040 g/mol. The predicted molar refractivity (Wildman–Crippen MR) is 309 cm³/mol. The Bertz CT molecular complexity index is 1550. The van der Waals surface area contributed by atoms with E-state index in [1.807, 2.05) is 21.1 Å². The first kappa shape index (κ1) is 69.9. The van der Waals surface area contributed by atoms with Gasteiger partial charge in [0.15, 0.2) is 6.10 Å². The normalized spacial score (nSPS) is 14.0. The molecular formula is C63H110NO8P. The van der Waals surface area contributed by atoms with E-state index in [4.69, 9.17) is 18.5 Å². The summed E-state index contributed by atoms with van der Waals surface area (Å²) in [7, 11) is 1.15. The maximum absolute atomic E-state index is 12.8. The number of phosphoric acid groups is 1. The highest BCUT2D eigenvalue weighted by Crippen LogP contribution is 2.38. The Balaban J connectivity index is 4.19. The van der Waals surface area contributed by atoms with Gasteiger partial charge in [0.2, 0.25) is 0 Å². The zero-order valence-electron chi connectivity index (χ0n) is 47.6. The van der Waals surface area contributed by atoms with Gasteiger partial charge < -0.3 is 27.9 Å². The van der Waals surface area contributed by atoms with Crippen LogP contribution in [0.3, 0.4) is 0 Å². The van der Waals surface area contributed by atoms with Crippen molar-refractivity contribution in [1.82, 2.24) is 0 Å². The fraction of sp³-hybridized carbons (Fsp3) is 0.714. The molecule has 0 aliphatic heterocycles. The first-order valence-corrected chi connectivity index (χ1v) is 30.9. The Morgan fingerprint density at radius 2 is 0.781 bits per heavy atom. The van der Waals surface area contributed by atoms with E-state index < -0.39 is 32.5 Å². The highest BCUT2D eigenvalue weighted by atomic mass is 31.2. The number of esters is 2. The van der Waals surface area contributed by atoms with Gasteiger partial charge in [0, 0.05) is 12.8 Å². The molecule has 0 aliphatic carbocycles. The lowest BCUT2D eigenvalue weighted by atomic mass is 10.1. The number of nitrogens with zero attached hydrogens (tertiary/aromatic N) is 1. The van der Waals surface area contributed by atoms with Gasteiger partial charge in [-0.25, -0.2) is 0 Å². The van der Waals surface area contributed by atoms with Crippen LogP contribution in [0.2, 0.25) is 0 Å². The topological polar surface area (TPSA) is 111 Å². The van der Waals surface area contributed by atoms with Crippen LogP contribution in [-0.4, -0.2) is 70.0 Å². The maximum Gasteiger partial charge on any atom is 0.306 e. The number of carbonyl (C=O) groups is 2. The highest BCUT2D eigenvalue weighted by Gasteiger charge is 2.21. The Morgan fingerprint density at radius 1 is 0.438 bits per heavy atom. The van der Waals surface area contributed by atoms with Gasteiger partial charge >= 0.3 is 11.9 Å².